The molecular weight excluding hydrogens is 302 g/mol. The number of carbonyl (C=O) groups excluding carboxylic acids is 1. The van der Waals surface area contributed by atoms with Gasteiger partial charge in [-0.1, -0.05) is 30.3 Å². The van der Waals surface area contributed by atoms with Crippen LogP contribution in [0.25, 0.3) is 0 Å². The molecule has 1 aromatic carbocycles. The Hall–Kier alpha value is -2.47. The lowest BCUT2D eigenvalue weighted by molar-refractivity contribution is 0.0946. The molecule has 0 atom stereocenters. The molecule has 0 aliphatic rings. The van der Waals surface area contributed by atoms with Gasteiger partial charge in [-0.3, -0.25) is 4.79 Å². The molecule has 24 heavy (non-hydrogen) atoms. The van der Waals surface area contributed by atoms with Crippen LogP contribution in [0.5, 0.6) is 0 Å². The molecule has 0 unspecified atom stereocenters. The number of likely N-dealkylation sites (N-methyl/N-ethyl adjacent to an activating group) is 1. The quantitative estimate of drug-likeness (QED) is 0.801. The highest BCUT2D eigenvalue weighted by molar-refractivity contribution is 5.92. The number of rotatable bonds is 8. The zero-order valence-corrected chi connectivity index (χ0v) is 14.6. The molecule has 0 bridgehead atoms. The summed E-state index contributed by atoms with van der Waals surface area (Å²) < 4.78 is 0. The van der Waals surface area contributed by atoms with E-state index in [0.29, 0.717) is 12.2 Å². The van der Waals surface area contributed by atoms with Crippen molar-refractivity contribution in [2.24, 2.45) is 0 Å². The summed E-state index contributed by atoms with van der Waals surface area (Å²) in [5.74, 6) is 0.588. The molecule has 0 saturated heterocycles. The van der Waals surface area contributed by atoms with Crippen LogP contribution in [-0.4, -0.2) is 54.5 Å². The van der Waals surface area contributed by atoms with Gasteiger partial charge in [-0.15, -0.1) is 0 Å². The molecule has 6 nitrogen and oxygen atoms in total. The van der Waals surface area contributed by atoms with Gasteiger partial charge < -0.3 is 15.1 Å². The number of hydrogen-bond acceptors (Lipinski definition) is 5. The van der Waals surface area contributed by atoms with Gasteiger partial charge in [0.05, 0.1) is 0 Å². The van der Waals surface area contributed by atoms with E-state index >= 15 is 0 Å². The lowest BCUT2D eigenvalue weighted by Gasteiger charge is -2.22. The number of benzene rings is 1. The third-order valence-corrected chi connectivity index (χ3v) is 3.65. The number of hydrogen-bond donors (Lipinski definition) is 1. The van der Waals surface area contributed by atoms with E-state index in [1.807, 2.05) is 37.2 Å². The van der Waals surface area contributed by atoms with Crippen LogP contribution in [0.3, 0.4) is 0 Å². The summed E-state index contributed by atoms with van der Waals surface area (Å²) in [6.45, 7) is 5.00. The number of amides is 1. The number of carbonyl (C=O) groups is 1. The summed E-state index contributed by atoms with van der Waals surface area (Å²) >= 11 is 0. The molecule has 1 N–H and O–H groups in total. The highest BCUT2D eigenvalue weighted by Gasteiger charge is 2.12. The van der Waals surface area contributed by atoms with Gasteiger partial charge in [0.2, 0.25) is 0 Å². The molecule has 1 heterocycles. The monoisotopic (exact) mass is 327 g/mol. The minimum absolute atomic E-state index is 0.170. The first-order valence-corrected chi connectivity index (χ1v) is 8.14. The molecular formula is C18H25N5O. The molecule has 0 aliphatic carbocycles. The van der Waals surface area contributed by atoms with Crippen molar-refractivity contribution in [3.05, 3.63) is 54.0 Å². The Morgan fingerprint density at radius 3 is 2.58 bits per heavy atom. The average molecular weight is 327 g/mol. The van der Waals surface area contributed by atoms with Crippen LogP contribution in [0, 0.1) is 0 Å². The maximum absolute atomic E-state index is 12.2. The van der Waals surface area contributed by atoms with Crippen molar-refractivity contribution < 1.29 is 4.79 Å². The molecule has 128 valence electrons. The van der Waals surface area contributed by atoms with Gasteiger partial charge in [0.1, 0.15) is 17.8 Å². The SMILES string of the molecule is CCN(Cc1ccccc1)c1cc(C(=O)NCCN(C)C)ncn1. The average Bonchev–Trinajstić information content (AvgIpc) is 2.60. The van der Waals surface area contributed by atoms with Gasteiger partial charge in [-0.05, 0) is 26.6 Å². The summed E-state index contributed by atoms with van der Waals surface area (Å²) in [5, 5.41) is 2.87. The van der Waals surface area contributed by atoms with Crippen molar-refractivity contribution in [3.8, 4) is 0 Å². The molecule has 0 radical (unpaired) electrons. The molecule has 1 aromatic heterocycles. The van der Waals surface area contributed by atoms with E-state index in [1.165, 1.54) is 11.9 Å². The number of anilines is 1. The van der Waals surface area contributed by atoms with Crippen LogP contribution in [-0.2, 0) is 6.54 Å². The third-order valence-electron chi connectivity index (χ3n) is 3.65. The fraction of sp³-hybridized carbons (Fsp3) is 0.389. The van der Waals surface area contributed by atoms with Crippen LogP contribution in [0.15, 0.2) is 42.7 Å². The maximum Gasteiger partial charge on any atom is 0.270 e. The van der Waals surface area contributed by atoms with E-state index in [2.05, 4.69) is 39.2 Å². The Bertz CT molecular complexity index is 645. The zero-order chi connectivity index (χ0) is 17.4. The molecule has 1 amide bonds. The summed E-state index contributed by atoms with van der Waals surface area (Å²) in [4.78, 5) is 24.8. The van der Waals surface area contributed by atoms with Gasteiger partial charge in [0.15, 0.2) is 0 Å². The molecule has 0 fully saturated rings. The summed E-state index contributed by atoms with van der Waals surface area (Å²) in [6, 6.07) is 12.0. The van der Waals surface area contributed by atoms with Gasteiger partial charge in [0.25, 0.3) is 5.91 Å². The molecule has 0 spiro atoms. The zero-order valence-electron chi connectivity index (χ0n) is 14.6. The maximum atomic E-state index is 12.2. The first kappa shape index (κ1) is 17.9. The van der Waals surface area contributed by atoms with Gasteiger partial charge in [-0.2, -0.15) is 0 Å². The Morgan fingerprint density at radius 2 is 1.92 bits per heavy atom. The van der Waals surface area contributed by atoms with E-state index in [0.717, 1.165) is 25.5 Å². The lowest BCUT2D eigenvalue weighted by Crippen LogP contribution is -2.32. The largest absolute Gasteiger partial charge is 0.352 e. The summed E-state index contributed by atoms with van der Waals surface area (Å²) in [5.41, 5.74) is 1.60. The van der Waals surface area contributed by atoms with Crippen molar-refractivity contribution in [2.75, 3.05) is 38.6 Å². The highest BCUT2D eigenvalue weighted by Crippen LogP contribution is 2.14. The smallest absolute Gasteiger partial charge is 0.270 e. The first-order valence-electron chi connectivity index (χ1n) is 8.14. The van der Waals surface area contributed by atoms with Gasteiger partial charge >= 0.3 is 0 Å². The van der Waals surface area contributed by atoms with Gasteiger partial charge in [-0.25, -0.2) is 9.97 Å². The second-order valence-corrected chi connectivity index (χ2v) is 5.82. The van der Waals surface area contributed by atoms with E-state index in [4.69, 9.17) is 0 Å². The Labute approximate surface area is 143 Å². The number of nitrogens with zero attached hydrogens (tertiary/aromatic N) is 4. The minimum atomic E-state index is -0.170. The van der Waals surface area contributed by atoms with Crippen LogP contribution in [0.4, 0.5) is 5.82 Å². The normalized spacial score (nSPS) is 10.7. The Kier molecular flexibility index (Phi) is 6.69. The van der Waals surface area contributed by atoms with Crippen molar-refractivity contribution in [3.63, 3.8) is 0 Å². The van der Waals surface area contributed by atoms with Crippen molar-refractivity contribution in [1.29, 1.82) is 0 Å². The molecule has 6 heteroatoms. The second kappa shape index (κ2) is 8.98. The topological polar surface area (TPSA) is 61.4 Å². The van der Waals surface area contributed by atoms with Crippen molar-refractivity contribution in [1.82, 2.24) is 20.2 Å². The molecule has 2 aromatic rings. The minimum Gasteiger partial charge on any atom is -0.352 e. The van der Waals surface area contributed by atoms with Crippen LogP contribution >= 0.6 is 0 Å². The van der Waals surface area contributed by atoms with Crippen LogP contribution in [0.1, 0.15) is 23.0 Å². The fourth-order valence-electron chi connectivity index (χ4n) is 2.29. The second-order valence-electron chi connectivity index (χ2n) is 5.82. The Morgan fingerprint density at radius 1 is 1.17 bits per heavy atom. The van der Waals surface area contributed by atoms with E-state index in [-0.39, 0.29) is 5.91 Å². The van der Waals surface area contributed by atoms with Crippen LogP contribution in [0.2, 0.25) is 0 Å². The van der Waals surface area contributed by atoms with Crippen molar-refractivity contribution >= 4 is 11.7 Å². The van der Waals surface area contributed by atoms with E-state index in [1.54, 1.807) is 6.07 Å². The van der Waals surface area contributed by atoms with Crippen molar-refractivity contribution in [2.45, 2.75) is 13.5 Å². The Balaban J connectivity index is 2.05. The fourth-order valence-corrected chi connectivity index (χ4v) is 2.29. The van der Waals surface area contributed by atoms with E-state index in [9.17, 15) is 4.79 Å². The van der Waals surface area contributed by atoms with Gasteiger partial charge in [0, 0.05) is 32.2 Å². The third kappa shape index (κ3) is 5.31. The van der Waals surface area contributed by atoms with E-state index < -0.39 is 0 Å². The molecule has 2 rings (SSSR count). The molecule has 0 aliphatic heterocycles. The highest BCUT2D eigenvalue weighted by atomic mass is 16.1. The number of aromatic nitrogens is 2. The number of nitrogens with one attached hydrogen (secondary N) is 1. The van der Waals surface area contributed by atoms with Crippen LogP contribution < -0.4 is 10.2 Å². The standard InChI is InChI=1S/C18H25N5O/c1-4-23(13-15-8-6-5-7-9-15)17-12-16(20-14-21-17)18(24)19-10-11-22(2)3/h5-9,12,14H,4,10-11,13H2,1-3H3,(H,19,24). The molecule has 0 saturated carbocycles. The predicted octanol–water partition coefficient (Wildman–Crippen LogP) is 1.79. The summed E-state index contributed by atoms with van der Waals surface area (Å²) in [6.07, 6.45) is 1.45. The first-order chi connectivity index (χ1) is 11.6. The lowest BCUT2D eigenvalue weighted by atomic mass is 10.2. The summed E-state index contributed by atoms with van der Waals surface area (Å²) in [7, 11) is 3.94. The predicted molar refractivity (Wildman–Crippen MR) is 96.1 cm³/mol.